The van der Waals surface area contributed by atoms with Crippen molar-refractivity contribution in [1.29, 1.82) is 0 Å². The second kappa shape index (κ2) is 15.2. The zero-order chi connectivity index (χ0) is 50.0. The largest absolute Gasteiger partial charge is 0.440 e. The molecule has 0 amide bonds. The molecular formula is C69H59BN2OSi. The highest BCUT2D eigenvalue weighted by Crippen LogP contribution is 2.59. The Morgan fingerprint density at radius 1 is 0.541 bits per heavy atom. The molecule has 2 aliphatic carbocycles. The SMILES string of the molecule is CC(C)(C)c1ccc(N2c3oc4cc5c(cc4c3B3c4c(cc6c(c42)C(C)(C)c2ccccc2-6)-c2cccc4c2N3c2ccccc2[Si]4(c2ccccc2)c2ccccc2)C(C)(C)CCC5)c(-c2ccccc2)c1. The molecule has 0 fully saturated rings. The predicted octanol–water partition coefficient (Wildman–Crippen LogP) is 13.7. The van der Waals surface area contributed by atoms with E-state index in [-0.39, 0.29) is 23.1 Å². The number of para-hydroxylation sites is 2. The molecule has 9 aromatic carbocycles. The molecule has 358 valence electrons. The predicted molar refractivity (Wildman–Crippen MR) is 315 cm³/mol. The van der Waals surface area contributed by atoms with E-state index in [0.717, 1.165) is 23.6 Å². The first kappa shape index (κ1) is 43.9. The number of hydrogen-bond acceptors (Lipinski definition) is 3. The summed E-state index contributed by atoms with van der Waals surface area (Å²) in [6, 6.07) is 75.0. The number of anilines is 5. The third-order valence-corrected chi connectivity index (χ3v) is 23.0. The van der Waals surface area contributed by atoms with Gasteiger partial charge in [0, 0.05) is 38.8 Å². The molecule has 0 unspecified atom stereocenters. The van der Waals surface area contributed by atoms with E-state index in [0.29, 0.717) is 0 Å². The molecule has 3 nitrogen and oxygen atoms in total. The molecule has 1 aromatic heterocycles. The maximum Gasteiger partial charge on any atom is 0.337 e. The Balaban J connectivity index is 1.16. The lowest BCUT2D eigenvalue weighted by Gasteiger charge is -2.52. The third-order valence-electron chi connectivity index (χ3n) is 18.1. The molecule has 0 N–H and O–H groups in total. The van der Waals surface area contributed by atoms with Crippen LogP contribution in [0.3, 0.4) is 0 Å². The van der Waals surface area contributed by atoms with Gasteiger partial charge in [0.15, 0.2) is 8.07 Å². The van der Waals surface area contributed by atoms with Crippen LogP contribution in [0.5, 0.6) is 0 Å². The first-order valence-electron chi connectivity index (χ1n) is 26.9. The summed E-state index contributed by atoms with van der Waals surface area (Å²) in [5.41, 5.74) is 22.7. The summed E-state index contributed by atoms with van der Waals surface area (Å²) in [6.45, 7) is 16.6. The molecule has 74 heavy (non-hydrogen) atoms. The van der Waals surface area contributed by atoms with Gasteiger partial charge in [0.25, 0.3) is 0 Å². The fourth-order valence-corrected chi connectivity index (χ4v) is 19.9. The maximum absolute atomic E-state index is 7.84. The molecule has 0 saturated carbocycles. The van der Waals surface area contributed by atoms with Crippen LogP contribution in [-0.4, -0.2) is 14.9 Å². The van der Waals surface area contributed by atoms with E-state index >= 15 is 0 Å². The monoisotopic (exact) mass is 970 g/mol. The summed E-state index contributed by atoms with van der Waals surface area (Å²) in [6.07, 6.45) is 3.40. The van der Waals surface area contributed by atoms with E-state index in [2.05, 4.69) is 252 Å². The minimum absolute atomic E-state index is 0.0316. The lowest BCUT2D eigenvalue weighted by atomic mass is 9.43. The van der Waals surface area contributed by atoms with Gasteiger partial charge in [0.2, 0.25) is 5.88 Å². The molecule has 0 bridgehead atoms. The number of hydrogen-bond donors (Lipinski definition) is 0. The third kappa shape index (κ3) is 5.74. The van der Waals surface area contributed by atoms with E-state index in [9.17, 15) is 0 Å². The van der Waals surface area contributed by atoms with Crippen LogP contribution in [-0.2, 0) is 22.7 Å². The summed E-state index contributed by atoms with van der Waals surface area (Å²) >= 11 is 0. The number of benzene rings is 9. The molecule has 0 radical (unpaired) electrons. The van der Waals surface area contributed by atoms with Gasteiger partial charge in [-0.05, 0) is 143 Å². The Labute approximate surface area is 437 Å². The highest BCUT2D eigenvalue weighted by atomic mass is 28.3. The van der Waals surface area contributed by atoms with Crippen LogP contribution in [0.4, 0.5) is 28.6 Å². The molecular weight excluding hydrogens is 912 g/mol. The zero-order valence-corrected chi connectivity index (χ0v) is 44.5. The number of fused-ring (bicyclic) bond motifs is 13. The molecule has 0 spiro atoms. The molecule has 4 heterocycles. The molecule has 0 atom stereocenters. The standard InChI is InChI=1S/C69H59BN2OSi/c1-67(2,3)45-36-37-56(50(40-45)43-23-11-8-12-24-43)71-65-61-51(48-30-17-18-32-54(48)69(61,6)7)41-52-49-31-21-35-60-64(49)72(57-33-19-20-34-59(57)74(60,46-26-13-9-14-27-46)47-28-15-10-16-29-47)70(62(52)65)63-53-42-55-44(25-22-38-68(55,4)5)39-58(53)73-66(63)71/h8-21,23-24,26-37,39-42H,22,25,38H2,1-7H3. The molecule has 5 heteroatoms. The van der Waals surface area contributed by atoms with E-state index < -0.39 is 8.07 Å². The average molecular weight is 971 g/mol. The van der Waals surface area contributed by atoms with Crippen molar-refractivity contribution in [1.82, 2.24) is 0 Å². The van der Waals surface area contributed by atoms with Crippen molar-refractivity contribution in [2.45, 2.75) is 84.0 Å². The summed E-state index contributed by atoms with van der Waals surface area (Å²) in [5.74, 6) is 0.920. The molecule has 10 aromatic rings. The molecule has 15 rings (SSSR count). The number of furan rings is 1. The Morgan fingerprint density at radius 2 is 1.20 bits per heavy atom. The summed E-state index contributed by atoms with van der Waals surface area (Å²) in [7, 11) is -2.97. The Bertz CT molecular complexity index is 3960. The Kier molecular flexibility index (Phi) is 9.05. The van der Waals surface area contributed by atoms with Crippen LogP contribution < -0.4 is 41.4 Å². The highest BCUT2D eigenvalue weighted by Gasteiger charge is 2.57. The van der Waals surface area contributed by atoms with E-state index in [1.165, 1.54) is 128 Å². The van der Waals surface area contributed by atoms with Crippen molar-refractivity contribution in [3.63, 3.8) is 0 Å². The fraction of sp³-hybridized carbons (Fsp3) is 0.188. The molecule has 3 aliphatic heterocycles. The van der Waals surface area contributed by atoms with Crippen LogP contribution in [0, 0.1) is 0 Å². The van der Waals surface area contributed by atoms with Gasteiger partial charge in [0.05, 0.1) is 11.4 Å². The van der Waals surface area contributed by atoms with Crippen LogP contribution in [0.25, 0.3) is 44.3 Å². The van der Waals surface area contributed by atoms with Crippen LogP contribution in [0.1, 0.15) is 89.1 Å². The van der Waals surface area contributed by atoms with Crippen molar-refractivity contribution in [2.75, 3.05) is 9.71 Å². The van der Waals surface area contributed by atoms with Crippen LogP contribution in [0.2, 0.25) is 0 Å². The second-order valence-electron chi connectivity index (χ2n) is 24.0. The van der Waals surface area contributed by atoms with Gasteiger partial charge < -0.3 is 9.23 Å². The van der Waals surface area contributed by atoms with Gasteiger partial charge in [-0.25, -0.2) is 0 Å². The maximum atomic E-state index is 7.84. The summed E-state index contributed by atoms with van der Waals surface area (Å²) in [4.78, 5) is 5.43. The van der Waals surface area contributed by atoms with E-state index in [1.54, 1.807) is 0 Å². The normalized spacial score (nSPS) is 16.7. The van der Waals surface area contributed by atoms with Crippen molar-refractivity contribution in [3.05, 3.63) is 222 Å². The number of aryl methyl sites for hydroxylation is 1. The van der Waals surface area contributed by atoms with Gasteiger partial charge in [-0.15, -0.1) is 0 Å². The minimum Gasteiger partial charge on any atom is -0.440 e. The van der Waals surface area contributed by atoms with Crippen LogP contribution in [0.15, 0.2) is 199 Å². The van der Waals surface area contributed by atoms with E-state index in [1.807, 2.05) is 0 Å². The fourth-order valence-electron chi connectivity index (χ4n) is 14.8. The highest BCUT2D eigenvalue weighted by molar-refractivity contribution is 7.22. The van der Waals surface area contributed by atoms with Crippen molar-refractivity contribution in [3.8, 4) is 33.4 Å². The topological polar surface area (TPSA) is 19.6 Å². The lowest BCUT2D eigenvalue weighted by Crippen LogP contribution is -2.79. The van der Waals surface area contributed by atoms with Gasteiger partial charge in [-0.1, -0.05) is 206 Å². The van der Waals surface area contributed by atoms with Gasteiger partial charge in [-0.3, -0.25) is 4.90 Å². The van der Waals surface area contributed by atoms with E-state index in [4.69, 9.17) is 4.42 Å². The van der Waals surface area contributed by atoms with Crippen molar-refractivity contribution in [2.24, 2.45) is 0 Å². The molecule has 0 saturated heterocycles. The lowest BCUT2D eigenvalue weighted by molar-refractivity contribution is 0.432. The minimum atomic E-state index is -2.97. The van der Waals surface area contributed by atoms with Gasteiger partial charge in [0.1, 0.15) is 5.58 Å². The van der Waals surface area contributed by atoms with Crippen molar-refractivity contribution >= 4 is 86.2 Å². The number of nitrogens with zero attached hydrogens (tertiary/aromatic N) is 2. The summed E-state index contributed by atoms with van der Waals surface area (Å²) in [5, 5.41) is 6.86. The number of rotatable bonds is 4. The average Bonchev–Trinajstić information content (AvgIpc) is 3.90. The Hall–Kier alpha value is -7.60. The molecule has 5 aliphatic rings. The first-order valence-corrected chi connectivity index (χ1v) is 28.9. The van der Waals surface area contributed by atoms with Crippen LogP contribution >= 0.6 is 0 Å². The second-order valence-corrected chi connectivity index (χ2v) is 27.7. The van der Waals surface area contributed by atoms with Gasteiger partial charge >= 0.3 is 6.85 Å². The first-order chi connectivity index (χ1) is 35.9. The zero-order valence-electron chi connectivity index (χ0n) is 43.5. The van der Waals surface area contributed by atoms with Crippen molar-refractivity contribution < 1.29 is 4.42 Å². The quantitative estimate of drug-likeness (QED) is 0.164. The summed E-state index contributed by atoms with van der Waals surface area (Å²) < 4.78 is 7.84. The van der Waals surface area contributed by atoms with Gasteiger partial charge in [-0.2, -0.15) is 0 Å². The Morgan fingerprint density at radius 3 is 1.95 bits per heavy atom. The smallest absolute Gasteiger partial charge is 0.337 e.